The van der Waals surface area contributed by atoms with Gasteiger partial charge >= 0.3 is 0 Å². The zero-order chi connectivity index (χ0) is 13.6. The summed E-state index contributed by atoms with van der Waals surface area (Å²) in [5.74, 6) is 0.753. The molecule has 0 aromatic carbocycles. The molecule has 0 saturated heterocycles. The minimum Gasteiger partial charge on any atom is -0.356 e. The molecule has 1 atom stereocenters. The number of hydrogen-bond acceptors (Lipinski definition) is 2. The Kier molecular flexibility index (Phi) is 2.90. The van der Waals surface area contributed by atoms with Crippen molar-refractivity contribution in [2.24, 2.45) is 17.1 Å². The standard InChI is InChI=1S/C16H23N3/c1-16(2,3)11-4-5-13-10(6-11)7-14-15(19-13)8-12(9-17)18-14/h7-8,11,18H,4-6,9,17H2,1-3H3. The first-order valence-electron chi connectivity index (χ1n) is 7.18. The minimum absolute atomic E-state index is 0.380. The summed E-state index contributed by atoms with van der Waals surface area (Å²) >= 11 is 0. The molecule has 3 N–H and O–H groups in total. The van der Waals surface area contributed by atoms with Gasteiger partial charge in [0.25, 0.3) is 0 Å². The molecule has 102 valence electrons. The lowest BCUT2D eigenvalue weighted by atomic mass is 9.71. The summed E-state index contributed by atoms with van der Waals surface area (Å²) in [6, 6.07) is 4.36. The zero-order valence-corrected chi connectivity index (χ0v) is 12.1. The summed E-state index contributed by atoms with van der Waals surface area (Å²) < 4.78 is 0. The van der Waals surface area contributed by atoms with Crippen molar-refractivity contribution < 1.29 is 0 Å². The Bertz CT molecular complexity index is 604. The van der Waals surface area contributed by atoms with Gasteiger partial charge in [0.15, 0.2) is 0 Å². The SMILES string of the molecule is CC(C)(C)C1CCc2nc3cc(CN)[nH]c3cc2C1. The molecule has 2 aromatic rings. The highest BCUT2D eigenvalue weighted by Gasteiger charge is 2.29. The maximum atomic E-state index is 5.69. The third kappa shape index (κ3) is 2.27. The number of nitrogens with two attached hydrogens (primary N) is 1. The molecular formula is C16H23N3. The van der Waals surface area contributed by atoms with E-state index in [1.807, 2.05) is 0 Å². The number of pyridine rings is 1. The number of aromatic amines is 1. The summed E-state index contributed by atoms with van der Waals surface area (Å²) in [7, 11) is 0. The van der Waals surface area contributed by atoms with Crippen LogP contribution in [0.1, 0.15) is 44.1 Å². The van der Waals surface area contributed by atoms with Crippen molar-refractivity contribution in [3.8, 4) is 0 Å². The van der Waals surface area contributed by atoms with E-state index in [9.17, 15) is 0 Å². The predicted molar refractivity (Wildman–Crippen MR) is 79.0 cm³/mol. The fourth-order valence-electron chi connectivity index (χ4n) is 3.11. The monoisotopic (exact) mass is 257 g/mol. The Balaban J connectivity index is 2.00. The van der Waals surface area contributed by atoms with E-state index in [0.717, 1.165) is 35.5 Å². The fourth-order valence-corrected chi connectivity index (χ4v) is 3.11. The van der Waals surface area contributed by atoms with E-state index in [2.05, 4.69) is 37.9 Å². The summed E-state index contributed by atoms with van der Waals surface area (Å²) in [4.78, 5) is 8.18. The molecule has 0 aliphatic heterocycles. The second-order valence-electron chi connectivity index (χ2n) is 6.83. The smallest absolute Gasteiger partial charge is 0.0885 e. The topological polar surface area (TPSA) is 54.7 Å². The van der Waals surface area contributed by atoms with Gasteiger partial charge in [-0.15, -0.1) is 0 Å². The molecule has 0 saturated carbocycles. The van der Waals surface area contributed by atoms with Crippen LogP contribution in [0.15, 0.2) is 12.1 Å². The van der Waals surface area contributed by atoms with E-state index in [0.29, 0.717) is 12.0 Å². The van der Waals surface area contributed by atoms with Gasteiger partial charge in [-0.05, 0) is 48.3 Å². The van der Waals surface area contributed by atoms with Gasteiger partial charge < -0.3 is 10.7 Å². The average Bonchev–Trinajstić information content (AvgIpc) is 2.75. The normalized spacial score (nSPS) is 19.7. The molecule has 1 unspecified atom stereocenters. The van der Waals surface area contributed by atoms with Crippen molar-refractivity contribution in [1.29, 1.82) is 0 Å². The van der Waals surface area contributed by atoms with E-state index in [-0.39, 0.29) is 0 Å². The van der Waals surface area contributed by atoms with Crippen LogP contribution in [0.5, 0.6) is 0 Å². The molecule has 0 bridgehead atoms. The number of H-pyrrole nitrogens is 1. The Hall–Kier alpha value is -1.35. The van der Waals surface area contributed by atoms with Gasteiger partial charge in [-0.1, -0.05) is 20.8 Å². The molecule has 3 heteroatoms. The Morgan fingerprint density at radius 2 is 2.16 bits per heavy atom. The average molecular weight is 257 g/mol. The molecule has 3 rings (SSSR count). The van der Waals surface area contributed by atoms with E-state index < -0.39 is 0 Å². The zero-order valence-electron chi connectivity index (χ0n) is 12.1. The number of fused-ring (bicyclic) bond motifs is 2. The van der Waals surface area contributed by atoms with Gasteiger partial charge in [0.2, 0.25) is 0 Å². The quantitative estimate of drug-likeness (QED) is 0.824. The first-order chi connectivity index (χ1) is 8.97. The first-order valence-corrected chi connectivity index (χ1v) is 7.18. The van der Waals surface area contributed by atoms with Crippen LogP contribution in [0.4, 0.5) is 0 Å². The molecule has 3 nitrogen and oxygen atoms in total. The highest BCUT2D eigenvalue weighted by molar-refractivity contribution is 5.77. The lowest BCUT2D eigenvalue weighted by Crippen LogP contribution is -2.27. The van der Waals surface area contributed by atoms with Crippen molar-refractivity contribution >= 4 is 11.0 Å². The first kappa shape index (κ1) is 12.7. The van der Waals surface area contributed by atoms with Crippen molar-refractivity contribution in [3.63, 3.8) is 0 Å². The number of rotatable bonds is 1. The lowest BCUT2D eigenvalue weighted by Gasteiger charge is -2.34. The van der Waals surface area contributed by atoms with Crippen LogP contribution in [-0.4, -0.2) is 9.97 Å². The summed E-state index contributed by atoms with van der Waals surface area (Å²) in [5.41, 5.74) is 12.0. The number of nitrogens with zero attached hydrogens (tertiary/aromatic N) is 1. The molecule has 2 aromatic heterocycles. The number of aryl methyl sites for hydroxylation is 1. The Morgan fingerprint density at radius 3 is 2.84 bits per heavy atom. The highest BCUT2D eigenvalue weighted by Crippen LogP contribution is 2.37. The van der Waals surface area contributed by atoms with Crippen molar-refractivity contribution in [3.05, 3.63) is 29.1 Å². The minimum atomic E-state index is 0.380. The van der Waals surface area contributed by atoms with Gasteiger partial charge in [-0.3, -0.25) is 4.98 Å². The van der Waals surface area contributed by atoms with E-state index in [1.165, 1.54) is 17.7 Å². The molecule has 0 spiro atoms. The largest absolute Gasteiger partial charge is 0.356 e. The molecule has 1 aliphatic carbocycles. The third-order valence-corrected chi connectivity index (χ3v) is 4.47. The van der Waals surface area contributed by atoms with Crippen molar-refractivity contribution in [2.75, 3.05) is 0 Å². The van der Waals surface area contributed by atoms with Crippen LogP contribution in [-0.2, 0) is 19.4 Å². The number of hydrogen-bond donors (Lipinski definition) is 2. The number of nitrogens with one attached hydrogen (secondary N) is 1. The van der Waals surface area contributed by atoms with Crippen LogP contribution in [0.25, 0.3) is 11.0 Å². The maximum Gasteiger partial charge on any atom is 0.0885 e. The van der Waals surface area contributed by atoms with Crippen LogP contribution in [0.3, 0.4) is 0 Å². The van der Waals surface area contributed by atoms with Gasteiger partial charge in [-0.2, -0.15) is 0 Å². The van der Waals surface area contributed by atoms with Gasteiger partial charge in [-0.25, -0.2) is 0 Å². The van der Waals surface area contributed by atoms with E-state index in [1.54, 1.807) is 0 Å². The van der Waals surface area contributed by atoms with E-state index >= 15 is 0 Å². The van der Waals surface area contributed by atoms with Crippen molar-refractivity contribution in [1.82, 2.24) is 9.97 Å². The molecule has 2 heterocycles. The highest BCUT2D eigenvalue weighted by atomic mass is 14.8. The van der Waals surface area contributed by atoms with Crippen LogP contribution < -0.4 is 5.73 Å². The molecule has 0 radical (unpaired) electrons. The summed E-state index contributed by atoms with van der Waals surface area (Å²) in [6.07, 6.45) is 3.51. The molecular weight excluding hydrogens is 234 g/mol. The van der Waals surface area contributed by atoms with Gasteiger partial charge in [0.1, 0.15) is 0 Å². The Labute approximate surface area is 114 Å². The van der Waals surface area contributed by atoms with Crippen molar-refractivity contribution in [2.45, 2.75) is 46.6 Å². The van der Waals surface area contributed by atoms with Crippen LogP contribution in [0.2, 0.25) is 0 Å². The summed E-state index contributed by atoms with van der Waals surface area (Å²) in [6.45, 7) is 7.58. The van der Waals surface area contributed by atoms with Gasteiger partial charge in [0.05, 0.1) is 11.0 Å². The third-order valence-electron chi connectivity index (χ3n) is 4.47. The molecule has 0 amide bonds. The molecule has 19 heavy (non-hydrogen) atoms. The maximum absolute atomic E-state index is 5.69. The fraction of sp³-hybridized carbons (Fsp3) is 0.562. The van der Waals surface area contributed by atoms with Gasteiger partial charge in [0, 0.05) is 17.9 Å². The Morgan fingerprint density at radius 1 is 1.37 bits per heavy atom. The lowest BCUT2D eigenvalue weighted by molar-refractivity contribution is 0.215. The van der Waals surface area contributed by atoms with Crippen LogP contribution >= 0.6 is 0 Å². The molecule has 0 fully saturated rings. The second kappa shape index (κ2) is 4.34. The summed E-state index contributed by atoms with van der Waals surface area (Å²) in [5, 5.41) is 0. The van der Waals surface area contributed by atoms with Crippen LogP contribution in [0, 0.1) is 11.3 Å². The number of aromatic nitrogens is 2. The predicted octanol–water partition coefficient (Wildman–Crippen LogP) is 3.17. The van der Waals surface area contributed by atoms with E-state index in [4.69, 9.17) is 10.7 Å². The second-order valence-corrected chi connectivity index (χ2v) is 6.83. The molecule has 1 aliphatic rings.